The topological polar surface area (TPSA) is 53.2 Å². The molecule has 0 unspecified atom stereocenters. The monoisotopic (exact) mass is 320 g/mol. The Bertz CT molecular complexity index is 770. The second kappa shape index (κ2) is 5.24. The van der Waals surface area contributed by atoms with Crippen molar-refractivity contribution < 1.29 is 4.79 Å². The third-order valence-corrected chi connectivity index (χ3v) is 4.84. The molecule has 0 bridgehead atoms. The first-order chi connectivity index (χ1) is 10.0. The van der Waals surface area contributed by atoms with Crippen LogP contribution in [0.5, 0.6) is 0 Å². The lowest BCUT2D eigenvalue weighted by Gasteiger charge is -2.19. The summed E-state index contributed by atoms with van der Waals surface area (Å²) in [6.45, 7) is 0. The van der Waals surface area contributed by atoms with Crippen molar-refractivity contribution >= 4 is 29.3 Å². The molecule has 0 spiro atoms. The molecule has 0 radical (unpaired) electrons. The van der Waals surface area contributed by atoms with Crippen LogP contribution >= 0.6 is 23.4 Å². The molecule has 0 saturated carbocycles. The van der Waals surface area contributed by atoms with E-state index < -0.39 is 0 Å². The Morgan fingerprint density at radius 2 is 1.90 bits per heavy atom. The molecule has 4 nitrogen and oxygen atoms in total. The molecule has 0 aliphatic carbocycles. The van der Waals surface area contributed by atoms with E-state index in [-0.39, 0.29) is 16.8 Å². The summed E-state index contributed by atoms with van der Waals surface area (Å²) in [6, 6.07) is 8.60. The zero-order valence-corrected chi connectivity index (χ0v) is 13.1. The number of hydrogen-bond acceptors (Lipinski definition) is 3. The number of thioether (sulfide) groups is 1. The molecule has 21 heavy (non-hydrogen) atoms. The van der Waals surface area contributed by atoms with E-state index in [1.165, 1.54) is 6.07 Å². The highest BCUT2D eigenvalue weighted by atomic mass is 35.5. The van der Waals surface area contributed by atoms with E-state index in [9.17, 15) is 9.59 Å². The second-order valence-corrected chi connectivity index (χ2v) is 6.20. The minimum atomic E-state index is -0.276. The normalized spacial score (nSPS) is 17.2. The molecule has 1 aliphatic heterocycles. The number of rotatable bonds is 2. The fourth-order valence-electron chi connectivity index (χ4n) is 2.61. The van der Waals surface area contributed by atoms with Gasteiger partial charge in [-0.05, 0) is 24.0 Å². The Kier molecular flexibility index (Phi) is 3.55. The molecule has 1 N–H and O–H groups in total. The van der Waals surface area contributed by atoms with Crippen LogP contribution in [0.3, 0.4) is 0 Å². The van der Waals surface area contributed by atoms with Crippen LogP contribution in [0.4, 0.5) is 0 Å². The number of pyridine rings is 1. The van der Waals surface area contributed by atoms with Gasteiger partial charge in [0, 0.05) is 23.7 Å². The van der Waals surface area contributed by atoms with Gasteiger partial charge in [-0.3, -0.25) is 9.59 Å². The summed E-state index contributed by atoms with van der Waals surface area (Å²) in [5.41, 5.74) is 2.59. The van der Waals surface area contributed by atoms with Gasteiger partial charge < -0.3 is 9.88 Å². The van der Waals surface area contributed by atoms with E-state index in [4.69, 9.17) is 11.6 Å². The highest BCUT2D eigenvalue weighted by molar-refractivity contribution is 7.98. The zero-order chi connectivity index (χ0) is 15.1. The van der Waals surface area contributed by atoms with Gasteiger partial charge >= 0.3 is 0 Å². The number of nitrogens with zero attached hydrogens (tertiary/aromatic N) is 1. The van der Waals surface area contributed by atoms with Crippen LogP contribution in [0.1, 0.15) is 21.3 Å². The number of halogens is 1. The van der Waals surface area contributed by atoms with Crippen molar-refractivity contribution in [1.29, 1.82) is 0 Å². The van der Waals surface area contributed by atoms with Crippen molar-refractivity contribution in [2.24, 2.45) is 0 Å². The van der Waals surface area contributed by atoms with E-state index >= 15 is 0 Å². The number of amides is 1. The van der Waals surface area contributed by atoms with E-state index in [1.54, 1.807) is 35.8 Å². The number of hydrogen-bond donors (Lipinski definition) is 1. The largest absolute Gasteiger partial charge is 0.325 e. The standard InChI is InChI=1S/C15H13ClN2O2S/c1-18-14(20)10-7-11(19)17-13(12(10)15(18)21-2)8-3-5-9(16)6-4-8/h3-7,15H,1-2H3,(H,17,19)/t15-/m0/s1. The quantitative estimate of drug-likeness (QED) is 0.925. The van der Waals surface area contributed by atoms with Gasteiger partial charge in [-0.25, -0.2) is 0 Å². The van der Waals surface area contributed by atoms with Crippen molar-refractivity contribution in [3.05, 3.63) is 56.8 Å². The number of fused-ring (bicyclic) bond motifs is 1. The van der Waals surface area contributed by atoms with Crippen LogP contribution in [0.15, 0.2) is 35.1 Å². The van der Waals surface area contributed by atoms with Gasteiger partial charge in [0.2, 0.25) is 5.56 Å². The van der Waals surface area contributed by atoms with Gasteiger partial charge in [-0.15, -0.1) is 11.8 Å². The third kappa shape index (κ3) is 2.26. The minimum absolute atomic E-state index is 0.102. The van der Waals surface area contributed by atoms with Crippen molar-refractivity contribution in [2.45, 2.75) is 5.37 Å². The van der Waals surface area contributed by atoms with Gasteiger partial charge in [0.25, 0.3) is 5.91 Å². The molecule has 2 aromatic rings. The van der Waals surface area contributed by atoms with Crippen LogP contribution in [-0.4, -0.2) is 29.1 Å². The smallest absolute Gasteiger partial charge is 0.255 e. The van der Waals surface area contributed by atoms with Crippen molar-refractivity contribution in [3.8, 4) is 11.3 Å². The summed E-state index contributed by atoms with van der Waals surface area (Å²) >= 11 is 7.47. The van der Waals surface area contributed by atoms with Crippen LogP contribution in [-0.2, 0) is 0 Å². The summed E-state index contributed by atoms with van der Waals surface area (Å²) in [6.07, 6.45) is 1.94. The molecular formula is C15H13ClN2O2S. The summed E-state index contributed by atoms with van der Waals surface area (Å²) in [4.78, 5) is 28.7. The van der Waals surface area contributed by atoms with E-state index in [2.05, 4.69) is 4.98 Å². The lowest BCUT2D eigenvalue weighted by atomic mass is 10.0. The number of H-pyrrole nitrogens is 1. The Balaban J connectivity index is 2.28. The number of aromatic amines is 1. The highest BCUT2D eigenvalue weighted by Gasteiger charge is 2.36. The molecule has 3 rings (SSSR count). The Hall–Kier alpha value is -1.72. The van der Waals surface area contributed by atoms with Gasteiger partial charge in [-0.1, -0.05) is 23.7 Å². The minimum Gasteiger partial charge on any atom is -0.325 e. The van der Waals surface area contributed by atoms with Crippen LogP contribution in [0, 0.1) is 0 Å². The Morgan fingerprint density at radius 3 is 2.52 bits per heavy atom. The molecule has 2 heterocycles. The number of nitrogens with one attached hydrogen (secondary N) is 1. The fourth-order valence-corrected chi connectivity index (χ4v) is 3.63. The molecule has 108 valence electrons. The second-order valence-electron chi connectivity index (χ2n) is 4.85. The fraction of sp³-hybridized carbons (Fsp3) is 0.200. The van der Waals surface area contributed by atoms with E-state index in [0.29, 0.717) is 16.3 Å². The molecule has 1 aliphatic rings. The van der Waals surface area contributed by atoms with Gasteiger partial charge in [0.1, 0.15) is 5.37 Å². The van der Waals surface area contributed by atoms with Crippen molar-refractivity contribution in [2.75, 3.05) is 13.3 Å². The van der Waals surface area contributed by atoms with Crippen LogP contribution in [0.25, 0.3) is 11.3 Å². The predicted molar refractivity (Wildman–Crippen MR) is 85.9 cm³/mol. The molecule has 0 saturated heterocycles. The Morgan fingerprint density at radius 1 is 1.24 bits per heavy atom. The molecule has 1 atom stereocenters. The first-order valence-electron chi connectivity index (χ1n) is 6.36. The number of carbonyl (C=O) groups is 1. The molecule has 1 aromatic heterocycles. The van der Waals surface area contributed by atoms with E-state index in [0.717, 1.165) is 11.1 Å². The number of aromatic nitrogens is 1. The maximum absolute atomic E-state index is 12.3. The summed E-state index contributed by atoms with van der Waals surface area (Å²) in [5.74, 6) is -0.120. The maximum atomic E-state index is 12.3. The third-order valence-electron chi connectivity index (χ3n) is 3.59. The molecule has 1 amide bonds. The van der Waals surface area contributed by atoms with Gasteiger partial charge in [-0.2, -0.15) is 0 Å². The summed E-state index contributed by atoms with van der Waals surface area (Å²) in [5, 5.41) is 0.526. The van der Waals surface area contributed by atoms with Gasteiger partial charge in [0.15, 0.2) is 0 Å². The molecular weight excluding hydrogens is 308 g/mol. The average Bonchev–Trinajstić information content (AvgIpc) is 2.71. The molecule has 0 fully saturated rings. The number of benzene rings is 1. The Labute approximate surface area is 131 Å². The summed E-state index contributed by atoms with van der Waals surface area (Å²) in [7, 11) is 1.75. The predicted octanol–water partition coefficient (Wildman–Crippen LogP) is 3.14. The van der Waals surface area contributed by atoms with Crippen molar-refractivity contribution in [1.82, 2.24) is 9.88 Å². The zero-order valence-electron chi connectivity index (χ0n) is 11.5. The van der Waals surface area contributed by atoms with E-state index in [1.807, 2.05) is 18.4 Å². The number of carbonyl (C=O) groups excluding carboxylic acids is 1. The molecule has 6 heteroatoms. The maximum Gasteiger partial charge on any atom is 0.255 e. The highest BCUT2D eigenvalue weighted by Crippen LogP contribution is 2.42. The molecule has 1 aromatic carbocycles. The first-order valence-corrected chi connectivity index (χ1v) is 8.02. The first kappa shape index (κ1) is 14.2. The summed E-state index contributed by atoms with van der Waals surface area (Å²) < 4.78 is 0. The lowest BCUT2D eigenvalue weighted by Crippen LogP contribution is -2.21. The van der Waals surface area contributed by atoms with Crippen molar-refractivity contribution in [3.63, 3.8) is 0 Å². The van der Waals surface area contributed by atoms with Crippen LogP contribution in [0.2, 0.25) is 5.02 Å². The van der Waals surface area contributed by atoms with Gasteiger partial charge in [0.05, 0.1) is 11.3 Å². The lowest BCUT2D eigenvalue weighted by molar-refractivity contribution is 0.0813. The SMILES string of the molecule is CS[C@H]1c2c(cc(=O)[nH]c2-c2ccc(Cl)cc2)C(=O)N1C. The average molecular weight is 321 g/mol. The van der Waals surface area contributed by atoms with Crippen LogP contribution < -0.4 is 5.56 Å².